The van der Waals surface area contributed by atoms with Gasteiger partial charge in [0.2, 0.25) is 0 Å². The molecular formula is C54H40N2. The van der Waals surface area contributed by atoms with Crippen molar-refractivity contribution in [3.8, 4) is 39.1 Å². The molecule has 1 aromatic heterocycles. The second-order valence-electron chi connectivity index (χ2n) is 14.7. The average Bonchev–Trinajstić information content (AvgIpc) is 3.59. The van der Waals surface area contributed by atoms with E-state index in [9.17, 15) is 0 Å². The Morgan fingerprint density at radius 3 is 1.84 bits per heavy atom. The second-order valence-corrected chi connectivity index (χ2v) is 14.7. The molecule has 0 spiro atoms. The molecule has 0 radical (unpaired) electrons. The largest absolute Gasteiger partial charge is 0.310 e. The van der Waals surface area contributed by atoms with E-state index in [0.29, 0.717) is 0 Å². The molecular weight excluding hydrogens is 677 g/mol. The first-order chi connectivity index (χ1) is 27.6. The fraction of sp³-hybridized carbons (Fsp3) is 0.0370. The van der Waals surface area contributed by atoms with Gasteiger partial charge in [0.15, 0.2) is 0 Å². The lowest BCUT2D eigenvalue weighted by atomic mass is 9.93. The van der Waals surface area contributed by atoms with Gasteiger partial charge in [-0.15, -0.1) is 0 Å². The molecule has 2 heteroatoms. The lowest BCUT2D eigenvalue weighted by molar-refractivity contribution is 1.18. The monoisotopic (exact) mass is 716 g/mol. The second kappa shape index (κ2) is 13.9. The van der Waals surface area contributed by atoms with Crippen molar-refractivity contribution in [2.24, 2.45) is 0 Å². The van der Waals surface area contributed by atoms with Crippen LogP contribution < -0.4 is 4.90 Å². The van der Waals surface area contributed by atoms with Crippen LogP contribution in [0.5, 0.6) is 0 Å². The maximum atomic E-state index is 2.43. The topological polar surface area (TPSA) is 8.17 Å². The molecule has 0 bridgehead atoms. The van der Waals surface area contributed by atoms with Crippen LogP contribution in [0.15, 0.2) is 206 Å². The van der Waals surface area contributed by atoms with Crippen LogP contribution in [-0.4, -0.2) is 4.57 Å². The Morgan fingerprint density at radius 1 is 0.357 bits per heavy atom. The quantitative estimate of drug-likeness (QED) is 0.159. The first-order valence-electron chi connectivity index (χ1n) is 19.3. The fourth-order valence-corrected chi connectivity index (χ4v) is 8.42. The van der Waals surface area contributed by atoms with Gasteiger partial charge in [-0.3, -0.25) is 0 Å². The average molecular weight is 717 g/mol. The van der Waals surface area contributed by atoms with Gasteiger partial charge in [0.25, 0.3) is 0 Å². The normalized spacial score (nSPS) is 11.4. The van der Waals surface area contributed by atoms with Gasteiger partial charge in [0.05, 0.1) is 16.7 Å². The van der Waals surface area contributed by atoms with Crippen LogP contribution >= 0.6 is 0 Å². The van der Waals surface area contributed by atoms with Crippen LogP contribution in [-0.2, 0) is 0 Å². The summed E-state index contributed by atoms with van der Waals surface area (Å²) in [5.74, 6) is 0. The molecule has 0 amide bonds. The third-order valence-corrected chi connectivity index (χ3v) is 11.2. The molecule has 0 aliphatic heterocycles. The van der Waals surface area contributed by atoms with E-state index in [1.54, 1.807) is 0 Å². The van der Waals surface area contributed by atoms with Crippen LogP contribution in [0.25, 0.3) is 71.6 Å². The van der Waals surface area contributed by atoms with E-state index in [1.807, 2.05) is 0 Å². The summed E-state index contributed by atoms with van der Waals surface area (Å²) in [5.41, 5.74) is 16.6. The number of hydrogen-bond donors (Lipinski definition) is 0. The zero-order valence-electron chi connectivity index (χ0n) is 31.5. The molecule has 266 valence electrons. The Labute approximate surface area is 328 Å². The van der Waals surface area contributed by atoms with Gasteiger partial charge in [-0.1, -0.05) is 140 Å². The molecule has 9 aromatic carbocycles. The van der Waals surface area contributed by atoms with Gasteiger partial charge in [-0.05, 0) is 130 Å². The summed E-state index contributed by atoms with van der Waals surface area (Å²) < 4.78 is 2.41. The molecule has 0 aliphatic rings. The molecule has 0 atom stereocenters. The lowest BCUT2D eigenvalue weighted by Crippen LogP contribution is -2.11. The standard InChI is InChI=1S/C54H40N2/c1-37-15-9-12-22-47(37)50-36-46(30-25-38(50)2)55(44-18-5-3-6-19-44)53-32-29-42(41-27-26-39-16-10-11-17-40(39)33-41)34-51(53)43-28-31-49-48-23-13-14-24-52(48)56(54(49)35-43)45-20-7-4-8-21-45/h3-36H,1-2H3. The third-order valence-electron chi connectivity index (χ3n) is 11.2. The maximum Gasteiger partial charge on any atom is 0.0547 e. The van der Waals surface area contributed by atoms with Gasteiger partial charge in [-0.2, -0.15) is 0 Å². The van der Waals surface area contributed by atoms with Gasteiger partial charge < -0.3 is 9.47 Å². The summed E-state index contributed by atoms with van der Waals surface area (Å²) in [6, 6.07) is 75.2. The highest BCUT2D eigenvalue weighted by atomic mass is 15.1. The van der Waals surface area contributed by atoms with Crippen LogP contribution in [0.1, 0.15) is 11.1 Å². The van der Waals surface area contributed by atoms with Gasteiger partial charge >= 0.3 is 0 Å². The number of anilines is 3. The fourth-order valence-electron chi connectivity index (χ4n) is 8.42. The van der Waals surface area contributed by atoms with Crippen molar-refractivity contribution in [1.82, 2.24) is 4.57 Å². The van der Waals surface area contributed by atoms with Crippen LogP contribution in [0.4, 0.5) is 17.1 Å². The summed E-state index contributed by atoms with van der Waals surface area (Å²) in [4.78, 5) is 2.43. The predicted octanol–water partition coefficient (Wildman–Crippen LogP) is 15.0. The zero-order chi connectivity index (χ0) is 37.6. The zero-order valence-corrected chi connectivity index (χ0v) is 31.5. The molecule has 10 rings (SSSR count). The molecule has 0 saturated heterocycles. The Hall–Kier alpha value is -7.16. The molecule has 10 aromatic rings. The van der Waals surface area contributed by atoms with Crippen molar-refractivity contribution in [3.63, 3.8) is 0 Å². The number of para-hydroxylation sites is 3. The van der Waals surface area contributed by atoms with E-state index in [1.165, 1.54) is 66.0 Å². The molecule has 56 heavy (non-hydrogen) atoms. The summed E-state index contributed by atoms with van der Waals surface area (Å²) in [5, 5.41) is 4.96. The lowest BCUT2D eigenvalue weighted by Gasteiger charge is -2.29. The molecule has 0 saturated carbocycles. The first kappa shape index (κ1) is 33.4. The highest BCUT2D eigenvalue weighted by molar-refractivity contribution is 6.10. The van der Waals surface area contributed by atoms with Gasteiger partial charge in [-0.25, -0.2) is 0 Å². The van der Waals surface area contributed by atoms with E-state index in [-0.39, 0.29) is 0 Å². The maximum absolute atomic E-state index is 2.43. The molecule has 0 fully saturated rings. The Bertz CT molecular complexity index is 3050. The number of benzene rings is 9. The smallest absolute Gasteiger partial charge is 0.0547 e. The number of aromatic nitrogens is 1. The molecule has 1 heterocycles. The van der Waals surface area contributed by atoms with E-state index in [2.05, 4.69) is 230 Å². The van der Waals surface area contributed by atoms with Crippen LogP contribution in [0.3, 0.4) is 0 Å². The molecule has 0 N–H and O–H groups in total. The van der Waals surface area contributed by atoms with Crippen molar-refractivity contribution >= 4 is 49.6 Å². The van der Waals surface area contributed by atoms with Gasteiger partial charge in [0.1, 0.15) is 0 Å². The Kier molecular flexibility index (Phi) is 8.30. The van der Waals surface area contributed by atoms with Gasteiger partial charge in [0, 0.05) is 33.4 Å². The van der Waals surface area contributed by atoms with E-state index >= 15 is 0 Å². The highest BCUT2D eigenvalue weighted by Crippen LogP contribution is 2.45. The van der Waals surface area contributed by atoms with E-state index in [0.717, 1.165) is 33.9 Å². The van der Waals surface area contributed by atoms with Crippen molar-refractivity contribution in [2.75, 3.05) is 4.90 Å². The number of aryl methyl sites for hydroxylation is 2. The highest BCUT2D eigenvalue weighted by Gasteiger charge is 2.21. The SMILES string of the molecule is Cc1ccccc1-c1cc(N(c2ccccc2)c2ccc(-c3ccc4ccccc4c3)cc2-c2ccc3c4ccccc4n(-c4ccccc4)c3c2)ccc1C. The van der Waals surface area contributed by atoms with Crippen molar-refractivity contribution in [1.29, 1.82) is 0 Å². The number of nitrogens with zero attached hydrogens (tertiary/aromatic N) is 2. The van der Waals surface area contributed by atoms with Crippen LogP contribution in [0, 0.1) is 13.8 Å². The summed E-state index contributed by atoms with van der Waals surface area (Å²) in [6.07, 6.45) is 0. The summed E-state index contributed by atoms with van der Waals surface area (Å²) in [6.45, 7) is 4.41. The van der Waals surface area contributed by atoms with E-state index < -0.39 is 0 Å². The number of fused-ring (bicyclic) bond motifs is 4. The Morgan fingerprint density at radius 2 is 1.00 bits per heavy atom. The van der Waals surface area contributed by atoms with Crippen molar-refractivity contribution in [2.45, 2.75) is 13.8 Å². The van der Waals surface area contributed by atoms with Crippen LogP contribution in [0.2, 0.25) is 0 Å². The first-order valence-corrected chi connectivity index (χ1v) is 19.3. The minimum absolute atomic E-state index is 1.10. The molecule has 0 unspecified atom stereocenters. The molecule has 0 aliphatic carbocycles. The minimum Gasteiger partial charge on any atom is -0.310 e. The minimum atomic E-state index is 1.10. The third kappa shape index (κ3) is 5.84. The van der Waals surface area contributed by atoms with Crippen molar-refractivity contribution in [3.05, 3.63) is 217 Å². The van der Waals surface area contributed by atoms with E-state index in [4.69, 9.17) is 0 Å². The van der Waals surface area contributed by atoms with Crippen molar-refractivity contribution < 1.29 is 0 Å². The number of rotatable bonds is 7. The number of hydrogen-bond acceptors (Lipinski definition) is 1. The molecule has 2 nitrogen and oxygen atoms in total. The summed E-state index contributed by atoms with van der Waals surface area (Å²) in [7, 11) is 0. The summed E-state index contributed by atoms with van der Waals surface area (Å²) >= 11 is 0. The Balaban J connectivity index is 1.24. The predicted molar refractivity (Wildman–Crippen MR) is 239 cm³/mol.